The number of anilines is 1. The predicted octanol–water partition coefficient (Wildman–Crippen LogP) is 4.02. The maximum atomic E-state index is 12.8. The van der Waals surface area contributed by atoms with E-state index in [2.05, 4.69) is 20.5 Å². The summed E-state index contributed by atoms with van der Waals surface area (Å²) in [5.41, 5.74) is 0.0479. The monoisotopic (exact) mass is 407 g/mol. The first-order valence-corrected chi connectivity index (χ1v) is 9.08. The van der Waals surface area contributed by atoms with Crippen LogP contribution in [0.3, 0.4) is 0 Å². The van der Waals surface area contributed by atoms with Gasteiger partial charge < -0.3 is 9.88 Å². The summed E-state index contributed by atoms with van der Waals surface area (Å²) in [5.74, 6) is 0.163. The van der Waals surface area contributed by atoms with Crippen LogP contribution in [0, 0.1) is 0 Å². The van der Waals surface area contributed by atoms with Gasteiger partial charge in [-0.25, -0.2) is 0 Å². The second kappa shape index (κ2) is 8.01. The lowest BCUT2D eigenvalue weighted by molar-refractivity contribution is -0.137. The average Bonchev–Trinajstić information content (AvgIpc) is 3.02. The first kappa shape index (κ1) is 19.9. The zero-order chi connectivity index (χ0) is 20.3. The van der Waals surface area contributed by atoms with Gasteiger partial charge in [0.15, 0.2) is 11.0 Å². The van der Waals surface area contributed by atoms with E-state index in [1.165, 1.54) is 12.1 Å². The molecule has 0 radical (unpaired) electrons. The molecule has 2 aromatic heterocycles. The van der Waals surface area contributed by atoms with Gasteiger partial charge in [-0.1, -0.05) is 17.8 Å². The largest absolute Gasteiger partial charge is 0.416 e. The lowest BCUT2D eigenvalue weighted by Gasteiger charge is -2.13. The minimum atomic E-state index is -4.47. The van der Waals surface area contributed by atoms with Crippen molar-refractivity contribution in [2.45, 2.75) is 23.5 Å². The molecule has 0 fully saturated rings. The first-order chi connectivity index (χ1) is 13.3. The first-order valence-electron chi connectivity index (χ1n) is 8.20. The highest BCUT2D eigenvalue weighted by Gasteiger charge is 2.30. The standard InChI is InChI=1S/C18H16F3N5OS/c1-11(16(27)23-14-7-3-6-13(9-14)18(19,20)21)28-17-25-24-15(26(17)2)12-5-4-8-22-10-12/h3-11H,1-2H3,(H,23,27). The second-order valence-corrected chi connectivity index (χ2v) is 7.24. The van der Waals surface area contributed by atoms with E-state index in [9.17, 15) is 18.0 Å². The number of hydrogen-bond acceptors (Lipinski definition) is 5. The van der Waals surface area contributed by atoms with Gasteiger partial charge in [0.1, 0.15) is 0 Å². The molecule has 1 aromatic carbocycles. The van der Waals surface area contributed by atoms with Crippen molar-refractivity contribution in [3.8, 4) is 11.4 Å². The Hall–Kier alpha value is -2.88. The van der Waals surface area contributed by atoms with Gasteiger partial charge in [0.2, 0.25) is 5.91 Å². The molecule has 1 N–H and O–H groups in total. The van der Waals surface area contributed by atoms with Crippen molar-refractivity contribution in [3.63, 3.8) is 0 Å². The topological polar surface area (TPSA) is 72.7 Å². The lowest BCUT2D eigenvalue weighted by Crippen LogP contribution is -2.23. The number of thioether (sulfide) groups is 1. The van der Waals surface area contributed by atoms with Crippen LogP contribution in [0.25, 0.3) is 11.4 Å². The highest BCUT2D eigenvalue weighted by molar-refractivity contribution is 8.00. The SMILES string of the molecule is CC(Sc1nnc(-c2cccnc2)n1C)C(=O)Nc1cccc(C(F)(F)F)c1. The van der Waals surface area contributed by atoms with E-state index < -0.39 is 22.9 Å². The summed E-state index contributed by atoms with van der Waals surface area (Å²) in [6.45, 7) is 1.64. The van der Waals surface area contributed by atoms with Crippen LogP contribution in [0.5, 0.6) is 0 Å². The molecule has 3 rings (SSSR count). The van der Waals surface area contributed by atoms with E-state index >= 15 is 0 Å². The maximum Gasteiger partial charge on any atom is 0.416 e. The Morgan fingerprint density at radius 3 is 2.68 bits per heavy atom. The van der Waals surface area contributed by atoms with Gasteiger partial charge in [-0.15, -0.1) is 10.2 Å². The third-order valence-corrected chi connectivity index (χ3v) is 5.00. The number of hydrogen-bond donors (Lipinski definition) is 1. The van der Waals surface area contributed by atoms with Crippen molar-refractivity contribution < 1.29 is 18.0 Å². The summed E-state index contributed by atoms with van der Waals surface area (Å²) in [7, 11) is 1.77. The van der Waals surface area contributed by atoms with Crippen molar-refractivity contribution in [1.29, 1.82) is 0 Å². The Balaban J connectivity index is 1.69. The number of carbonyl (C=O) groups excluding carboxylic acids is 1. The van der Waals surface area contributed by atoms with E-state index in [0.29, 0.717) is 11.0 Å². The molecule has 0 spiro atoms. The number of pyridine rings is 1. The van der Waals surface area contributed by atoms with E-state index in [1.54, 1.807) is 37.0 Å². The van der Waals surface area contributed by atoms with Crippen LogP contribution in [0.2, 0.25) is 0 Å². The third kappa shape index (κ3) is 4.50. The number of alkyl halides is 3. The predicted molar refractivity (Wildman–Crippen MR) is 99.6 cm³/mol. The fourth-order valence-electron chi connectivity index (χ4n) is 2.39. The van der Waals surface area contributed by atoms with Gasteiger partial charge in [0.05, 0.1) is 10.8 Å². The maximum absolute atomic E-state index is 12.8. The van der Waals surface area contributed by atoms with Crippen LogP contribution in [-0.2, 0) is 18.0 Å². The summed E-state index contributed by atoms with van der Waals surface area (Å²) < 4.78 is 40.1. The molecule has 0 saturated heterocycles. The fraction of sp³-hybridized carbons (Fsp3) is 0.222. The molecule has 28 heavy (non-hydrogen) atoms. The number of halogens is 3. The summed E-state index contributed by atoms with van der Waals surface area (Å²) in [4.78, 5) is 16.4. The number of nitrogens with zero attached hydrogens (tertiary/aromatic N) is 4. The lowest BCUT2D eigenvalue weighted by atomic mass is 10.2. The highest BCUT2D eigenvalue weighted by atomic mass is 32.2. The zero-order valence-electron chi connectivity index (χ0n) is 14.9. The molecule has 1 unspecified atom stereocenters. The Labute approximate surface area is 163 Å². The molecular weight excluding hydrogens is 391 g/mol. The molecule has 6 nitrogen and oxygen atoms in total. The van der Waals surface area contributed by atoms with E-state index in [4.69, 9.17) is 0 Å². The normalized spacial score (nSPS) is 12.6. The Bertz CT molecular complexity index is 975. The van der Waals surface area contributed by atoms with Crippen LogP contribution in [0.4, 0.5) is 18.9 Å². The molecular formula is C18H16F3N5OS. The number of nitrogens with one attached hydrogen (secondary N) is 1. The molecule has 3 aromatic rings. The van der Waals surface area contributed by atoms with Crippen molar-refractivity contribution in [2.24, 2.45) is 7.05 Å². The Morgan fingerprint density at radius 1 is 1.21 bits per heavy atom. The highest BCUT2D eigenvalue weighted by Crippen LogP contribution is 2.31. The van der Waals surface area contributed by atoms with Crippen molar-refractivity contribution >= 4 is 23.4 Å². The number of rotatable bonds is 5. The average molecular weight is 407 g/mol. The van der Waals surface area contributed by atoms with Gasteiger partial charge in [-0.2, -0.15) is 13.2 Å². The summed E-state index contributed by atoms with van der Waals surface area (Å²) in [6, 6.07) is 8.13. The smallest absolute Gasteiger partial charge is 0.325 e. The van der Waals surface area contributed by atoms with Crippen molar-refractivity contribution in [3.05, 3.63) is 54.4 Å². The van der Waals surface area contributed by atoms with Gasteiger partial charge in [0, 0.05) is 30.7 Å². The number of aromatic nitrogens is 4. The minimum absolute atomic E-state index is 0.0845. The van der Waals surface area contributed by atoms with Crippen LogP contribution in [-0.4, -0.2) is 30.9 Å². The van der Waals surface area contributed by atoms with Gasteiger partial charge in [-0.3, -0.25) is 9.78 Å². The Kier molecular flexibility index (Phi) is 5.68. The molecule has 0 aliphatic rings. The van der Waals surface area contributed by atoms with Crippen molar-refractivity contribution in [2.75, 3.05) is 5.32 Å². The molecule has 0 aliphatic carbocycles. The molecule has 0 saturated carbocycles. The minimum Gasteiger partial charge on any atom is -0.325 e. The van der Waals surface area contributed by atoms with Crippen LogP contribution < -0.4 is 5.32 Å². The van der Waals surface area contributed by atoms with E-state index in [0.717, 1.165) is 29.5 Å². The molecule has 1 atom stereocenters. The number of carbonyl (C=O) groups is 1. The fourth-order valence-corrected chi connectivity index (χ4v) is 3.21. The van der Waals surface area contributed by atoms with Crippen LogP contribution >= 0.6 is 11.8 Å². The zero-order valence-corrected chi connectivity index (χ0v) is 15.8. The van der Waals surface area contributed by atoms with Crippen molar-refractivity contribution in [1.82, 2.24) is 19.7 Å². The van der Waals surface area contributed by atoms with Gasteiger partial charge >= 0.3 is 6.18 Å². The quantitative estimate of drug-likeness (QED) is 0.647. The molecule has 146 valence electrons. The van der Waals surface area contributed by atoms with Gasteiger partial charge in [0.25, 0.3) is 0 Å². The van der Waals surface area contributed by atoms with E-state index in [-0.39, 0.29) is 5.69 Å². The molecule has 10 heteroatoms. The molecule has 0 bridgehead atoms. The summed E-state index contributed by atoms with van der Waals surface area (Å²) in [5, 5.41) is 10.6. The Morgan fingerprint density at radius 2 is 2.00 bits per heavy atom. The summed E-state index contributed by atoms with van der Waals surface area (Å²) >= 11 is 1.16. The summed E-state index contributed by atoms with van der Waals surface area (Å²) in [6.07, 6.45) is -1.17. The molecule has 2 heterocycles. The molecule has 0 aliphatic heterocycles. The second-order valence-electron chi connectivity index (χ2n) is 5.93. The molecule has 1 amide bonds. The number of amides is 1. The van der Waals surface area contributed by atoms with Crippen LogP contribution in [0.15, 0.2) is 53.9 Å². The van der Waals surface area contributed by atoms with E-state index in [1.807, 2.05) is 6.07 Å². The third-order valence-electron chi connectivity index (χ3n) is 3.86. The number of benzene rings is 1. The van der Waals surface area contributed by atoms with Gasteiger partial charge in [-0.05, 0) is 37.3 Å². The van der Waals surface area contributed by atoms with Crippen LogP contribution in [0.1, 0.15) is 12.5 Å².